The summed E-state index contributed by atoms with van der Waals surface area (Å²) in [6.07, 6.45) is 1.65. The van der Waals surface area contributed by atoms with Gasteiger partial charge in [0.25, 0.3) is 5.69 Å². The van der Waals surface area contributed by atoms with Crippen molar-refractivity contribution in [3.63, 3.8) is 0 Å². The molecule has 12 heteroatoms. The third kappa shape index (κ3) is 6.83. The molecule has 176 valence electrons. The summed E-state index contributed by atoms with van der Waals surface area (Å²) in [7, 11) is 1.60. The predicted octanol–water partition coefficient (Wildman–Crippen LogP) is 5.33. The molecule has 0 atom stereocenters. The summed E-state index contributed by atoms with van der Waals surface area (Å²) in [5.74, 6) is 1.40. The number of anilines is 5. The van der Waals surface area contributed by atoms with E-state index in [0.29, 0.717) is 5.69 Å². The molecule has 0 saturated heterocycles. The number of methoxy groups -OCH3 is 1. The van der Waals surface area contributed by atoms with Gasteiger partial charge in [-0.1, -0.05) is 12.1 Å². The van der Waals surface area contributed by atoms with Crippen molar-refractivity contribution in [1.82, 2.24) is 15.0 Å². The van der Waals surface area contributed by atoms with Crippen molar-refractivity contribution in [1.29, 1.82) is 0 Å². The fourth-order valence-electron chi connectivity index (χ4n) is 2.85. The number of rotatable bonds is 9. The Morgan fingerprint density at radius 2 is 1.40 bits per heavy atom. The number of aromatic nitrogens is 3. The van der Waals surface area contributed by atoms with Crippen LogP contribution in [0.15, 0.2) is 77.9 Å². The highest BCUT2D eigenvalue weighted by Crippen LogP contribution is 2.22. The van der Waals surface area contributed by atoms with Crippen LogP contribution in [0.5, 0.6) is 5.75 Å². The maximum Gasteiger partial charge on any atom is 0.269 e. The lowest BCUT2D eigenvalue weighted by Gasteiger charge is -2.10. The van der Waals surface area contributed by atoms with Crippen LogP contribution in [0.4, 0.5) is 34.9 Å². The van der Waals surface area contributed by atoms with Gasteiger partial charge in [-0.05, 0) is 76.7 Å². The van der Waals surface area contributed by atoms with E-state index in [1.54, 1.807) is 25.5 Å². The zero-order valence-corrected chi connectivity index (χ0v) is 20.5. The van der Waals surface area contributed by atoms with Crippen molar-refractivity contribution < 1.29 is 9.66 Å². The highest BCUT2D eigenvalue weighted by molar-refractivity contribution is 14.1. The molecule has 0 radical (unpaired) electrons. The second-order valence-electron chi connectivity index (χ2n) is 7.01. The molecule has 0 bridgehead atoms. The predicted molar refractivity (Wildman–Crippen MR) is 143 cm³/mol. The Morgan fingerprint density at radius 1 is 0.857 bits per heavy atom. The van der Waals surface area contributed by atoms with Crippen LogP contribution in [0.2, 0.25) is 0 Å². The van der Waals surface area contributed by atoms with E-state index in [1.807, 2.05) is 48.5 Å². The molecule has 35 heavy (non-hydrogen) atoms. The monoisotopic (exact) mass is 582 g/mol. The van der Waals surface area contributed by atoms with E-state index in [1.165, 1.54) is 12.1 Å². The number of hydrazone groups is 1. The smallest absolute Gasteiger partial charge is 0.269 e. The summed E-state index contributed by atoms with van der Waals surface area (Å²) in [6, 6.07) is 21.0. The Hall–Kier alpha value is -4.33. The van der Waals surface area contributed by atoms with Crippen molar-refractivity contribution >= 4 is 63.7 Å². The van der Waals surface area contributed by atoms with Crippen LogP contribution < -0.4 is 20.8 Å². The van der Waals surface area contributed by atoms with E-state index in [0.717, 1.165) is 20.6 Å². The van der Waals surface area contributed by atoms with Crippen LogP contribution in [0.1, 0.15) is 5.56 Å². The number of ether oxygens (including phenoxy) is 1. The van der Waals surface area contributed by atoms with Crippen LogP contribution in [0.25, 0.3) is 0 Å². The largest absolute Gasteiger partial charge is 0.497 e. The van der Waals surface area contributed by atoms with Crippen LogP contribution in [-0.2, 0) is 0 Å². The summed E-state index contributed by atoms with van der Waals surface area (Å²) in [5, 5.41) is 21.3. The van der Waals surface area contributed by atoms with Gasteiger partial charge in [0.2, 0.25) is 17.8 Å². The third-order valence-corrected chi connectivity index (χ3v) is 5.28. The SMILES string of the molecule is COc1ccc(Nc2nc(N/N=C\c3ccc(I)cc3)nc(Nc3ccc([N+](=O)[O-])cc3)n2)cc1. The van der Waals surface area contributed by atoms with Crippen LogP contribution >= 0.6 is 22.6 Å². The molecule has 0 aliphatic rings. The first-order valence-corrected chi connectivity index (χ1v) is 11.3. The Labute approximate surface area is 214 Å². The van der Waals surface area contributed by atoms with Crippen molar-refractivity contribution in [2.75, 3.05) is 23.2 Å². The highest BCUT2D eigenvalue weighted by Gasteiger charge is 2.09. The number of non-ortho nitro benzene ring substituents is 1. The van der Waals surface area contributed by atoms with E-state index in [9.17, 15) is 10.1 Å². The number of halogens is 1. The number of nitrogens with zero attached hydrogens (tertiary/aromatic N) is 5. The van der Waals surface area contributed by atoms with Crippen molar-refractivity contribution in [2.24, 2.45) is 5.10 Å². The molecule has 0 aliphatic heterocycles. The zero-order chi connectivity index (χ0) is 24.6. The van der Waals surface area contributed by atoms with Gasteiger partial charge in [-0.15, -0.1) is 0 Å². The fraction of sp³-hybridized carbons (Fsp3) is 0.0435. The average Bonchev–Trinajstić information content (AvgIpc) is 2.86. The quantitative estimate of drug-likeness (QED) is 0.103. The second-order valence-corrected chi connectivity index (χ2v) is 8.26. The minimum absolute atomic E-state index is 0.0136. The Kier molecular flexibility index (Phi) is 7.62. The van der Waals surface area contributed by atoms with Gasteiger partial charge >= 0.3 is 0 Å². The number of hydrogen-bond donors (Lipinski definition) is 3. The molecule has 4 rings (SSSR count). The molecule has 0 saturated carbocycles. The molecule has 11 nitrogen and oxygen atoms in total. The molecule has 0 unspecified atom stereocenters. The van der Waals surface area contributed by atoms with Gasteiger partial charge in [0, 0.05) is 27.1 Å². The van der Waals surface area contributed by atoms with Gasteiger partial charge in [-0.25, -0.2) is 5.43 Å². The molecular weight excluding hydrogens is 563 g/mol. The van der Waals surface area contributed by atoms with Gasteiger partial charge in [-0.3, -0.25) is 10.1 Å². The Balaban J connectivity index is 1.57. The third-order valence-electron chi connectivity index (χ3n) is 4.56. The molecular formula is C23H19IN8O3. The van der Waals surface area contributed by atoms with Crippen LogP contribution in [0, 0.1) is 13.7 Å². The number of benzene rings is 3. The molecule has 3 aromatic carbocycles. The second kappa shape index (κ2) is 11.2. The number of nitro groups is 1. The molecule has 0 amide bonds. The van der Waals surface area contributed by atoms with E-state index < -0.39 is 4.92 Å². The minimum Gasteiger partial charge on any atom is -0.497 e. The highest BCUT2D eigenvalue weighted by atomic mass is 127. The van der Waals surface area contributed by atoms with Crippen molar-refractivity contribution in [3.8, 4) is 5.75 Å². The molecule has 0 spiro atoms. The zero-order valence-electron chi connectivity index (χ0n) is 18.3. The van der Waals surface area contributed by atoms with Crippen LogP contribution in [-0.4, -0.2) is 33.2 Å². The molecule has 0 aliphatic carbocycles. The maximum absolute atomic E-state index is 10.9. The van der Waals surface area contributed by atoms with E-state index in [2.05, 4.69) is 58.7 Å². The topological polar surface area (TPSA) is 139 Å². The first kappa shape index (κ1) is 23.8. The summed E-state index contributed by atoms with van der Waals surface area (Å²) < 4.78 is 6.31. The van der Waals surface area contributed by atoms with E-state index >= 15 is 0 Å². The summed E-state index contributed by atoms with van der Waals surface area (Å²) in [6.45, 7) is 0. The number of hydrogen-bond acceptors (Lipinski definition) is 10. The molecule has 4 aromatic rings. The minimum atomic E-state index is -0.461. The lowest BCUT2D eigenvalue weighted by molar-refractivity contribution is -0.384. The lowest BCUT2D eigenvalue weighted by Crippen LogP contribution is -2.07. The maximum atomic E-state index is 10.9. The number of nitro benzene ring substituents is 1. The average molecular weight is 582 g/mol. The first-order valence-electron chi connectivity index (χ1n) is 10.2. The van der Waals surface area contributed by atoms with Gasteiger partial charge in [-0.2, -0.15) is 20.1 Å². The van der Waals surface area contributed by atoms with Gasteiger partial charge < -0.3 is 15.4 Å². The number of nitrogens with one attached hydrogen (secondary N) is 3. The van der Waals surface area contributed by atoms with Crippen molar-refractivity contribution in [2.45, 2.75) is 0 Å². The summed E-state index contributed by atoms with van der Waals surface area (Å²) in [4.78, 5) is 23.6. The molecule has 0 fully saturated rings. The molecule has 3 N–H and O–H groups in total. The fourth-order valence-corrected chi connectivity index (χ4v) is 3.21. The van der Waals surface area contributed by atoms with E-state index in [-0.39, 0.29) is 23.5 Å². The van der Waals surface area contributed by atoms with Gasteiger partial charge in [0.15, 0.2) is 0 Å². The van der Waals surface area contributed by atoms with Gasteiger partial charge in [0.05, 0.1) is 18.2 Å². The molecule has 1 heterocycles. The molecule has 1 aromatic heterocycles. The summed E-state index contributed by atoms with van der Waals surface area (Å²) in [5.41, 5.74) is 5.03. The Morgan fingerprint density at radius 3 is 1.94 bits per heavy atom. The van der Waals surface area contributed by atoms with E-state index in [4.69, 9.17) is 4.74 Å². The standard InChI is InChI=1S/C23H19IN8O3/c1-35-20-12-8-18(9-13-20)27-22-28-21(26-17-6-10-19(11-7-17)32(33)34)29-23(30-22)31-25-14-15-2-4-16(24)5-3-15/h2-14H,1H3,(H3,26,27,28,29,30,31)/b25-14-. The van der Waals surface area contributed by atoms with Crippen molar-refractivity contribution in [3.05, 3.63) is 92.0 Å². The first-order chi connectivity index (χ1) is 17.0. The normalized spacial score (nSPS) is 10.7. The lowest BCUT2D eigenvalue weighted by atomic mass is 10.2. The Bertz CT molecular complexity index is 1330. The summed E-state index contributed by atoms with van der Waals surface area (Å²) >= 11 is 2.24. The van der Waals surface area contributed by atoms with Crippen LogP contribution in [0.3, 0.4) is 0 Å². The van der Waals surface area contributed by atoms with Gasteiger partial charge in [0.1, 0.15) is 5.75 Å².